The average Bonchev–Trinajstić information content (AvgIpc) is 2.69. The van der Waals surface area contributed by atoms with E-state index in [1.165, 1.54) is 64.6 Å². The lowest BCUT2D eigenvalue weighted by atomic mass is 10.0. The first-order valence-corrected chi connectivity index (χ1v) is 12.3. The van der Waals surface area contributed by atoms with Crippen molar-refractivity contribution in [2.24, 2.45) is 5.92 Å². The Labute approximate surface area is 201 Å². The first kappa shape index (κ1) is 32.1. The van der Waals surface area contributed by atoms with Crippen LogP contribution in [0.4, 0.5) is 0 Å². The molecule has 32 heavy (non-hydrogen) atoms. The van der Waals surface area contributed by atoms with Gasteiger partial charge >= 0.3 is 0 Å². The summed E-state index contributed by atoms with van der Waals surface area (Å²) in [5.74, 6) is 0.963. The van der Waals surface area contributed by atoms with Gasteiger partial charge in [0.25, 0.3) is 0 Å². The van der Waals surface area contributed by atoms with Crippen molar-refractivity contribution in [2.45, 2.75) is 102 Å². The van der Waals surface area contributed by atoms with Crippen LogP contribution in [0, 0.1) is 40.5 Å². The van der Waals surface area contributed by atoms with E-state index in [0.29, 0.717) is 0 Å². The van der Waals surface area contributed by atoms with Crippen LogP contribution in [0.25, 0.3) is 6.08 Å². The minimum atomic E-state index is 0.963. The number of hydrogen-bond acceptors (Lipinski definition) is 0. The molecule has 0 spiro atoms. The van der Waals surface area contributed by atoms with Gasteiger partial charge in [0, 0.05) is 0 Å². The second-order valence-corrected chi connectivity index (χ2v) is 9.26. The van der Waals surface area contributed by atoms with Gasteiger partial charge in [-0.3, -0.25) is 0 Å². The summed E-state index contributed by atoms with van der Waals surface area (Å²) < 4.78 is 0. The quantitative estimate of drug-likeness (QED) is 0.409. The first-order valence-electron chi connectivity index (χ1n) is 12.3. The van der Waals surface area contributed by atoms with Crippen LogP contribution in [0.1, 0.15) is 101 Å². The molecule has 0 saturated heterocycles. The zero-order chi connectivity index (χ0) is 25.1. The van der Waals surface area contributed by atoms with Crippen molar-refractivity contribution < 1.29 is 0 Å². The molecule has 0 heterocycles. The monoisotopic (exact) mass is 436 g/mol. The highest BCUT2D eigenvalue weighted by Gasteiger charge is 1.96. The van der Waals surface area contributed by atoms with Gasteiger partial charge in [-0.15, -0.1) is 6.58 Å². The fourth-order valence-corrected chi connectivity index (χ4v) is 3.32. The molecule has 0 N–H and O–H groups in total. The van der Waals surface area contributed by atoms with Crippen molar-refractivity contribution in [3.05, 3.63) is 88.0 Å². The summed E-state index contributed by atoms with van der Waals surface area (Å²) >= 11 is 0. The first-order chi connectivity index (χ1) is 15.0. The van der Waals surface area contributed by atoms with Crippen LogP contribution in [0.5, 0.6) is 0 Å². The van der Waals surface area contributed by atoms with Gasteiger partial charge in [-0.1, -0.05) is 112 Å². The van der Waals surface area contributed by atoms with Crippen LogP contribution in [0.3, 0.4) is 0 Å². The number of aryl methyl sites for hydroxylation is 5. The van der Waals surface area contributed by atoms with Gasteiger partial charge in [0.15, 0.2) is 0 Å². The van der Waals surface area contributed by atoms with Gasteiger partial charge in [-0.25, -0.2) is 0 Å². The van der Waals surface area contributed by atoms with E-state index >= 15 is 0 Å². The van der Waals surface area contributed by atoms with Gasteiger partial charge in [0.2, 0.25) is 0 Å². The number of rotatable bonds is 5. The smallest absolute Gasteiger partial charge is 0.0228 e. The van der Waals surface area contributed by atoms with E-state index in [9.17, 15) is 0 Å². The molecule has 0 saturated carbocycles. The lowest BCUT2D eigenvalue weighted by Gasteiger charge is -2.05. The third-order valence-corrected chi connectivity index (χ3v) is 5.09. The molecule has 0 radical (unpaired) electrons. The molecule has 0 aliphatic rings. The number of hydrogen-bond donors (Lipinski definition) is 0. The van der Waals surface area contributed by atoms with Crippen LogP contribution in [0.2, 0.25) is 0 Å². The summed E-state index contributed by atoms with van der Waals surface area (Å²) in [6.07, 6.45) is 9.48. The molecule has 0 heteroatoms. The maximum absolute atomic E-state index is 3.36. The Morgan fingerprint density at radius 2 is 1.22 bits per heavy atom. The molecule has 0 fully saturated rings. The van der Waals surface area contributed by atoms with Crippen LogP contribution in [0.15, 0.2) is 54.6 Å². The lowest BCUT2D eigenvalue weighted by Crippen LogP contribution is -1.91. The Kier molecular flexibility index (Phi) is 19.7. The molecule has 0 atom stereocenters. The number of allylic oxidation sites excluding steroid dienone is 2. The van der Waals surface area contributed by atoms with Crippen LogP contribution >= 0.6 is 0 Å². The van der Waals surface area contributed by atoms with Gasteiger partial charge in [0.05, 0.1) is 0 Å². The molecule has 0 bridgehead atoms. The minimum Gasteiger partial charge on any atom is -0.103 e. The van der Waals surface area contributed by atoms with Crippen molar-refractivity contribution in [1.82, 2.24) is 0 Å². The van der Waals surface area contributed by atoms with E-state index in [1.54, 1.807) is 6.08 Å². The normalized spacial score (nSPS) is 9.38. The Balaban J connectivity index is 0. The van der Waals surface area contributed by atoms with E-state index in [4.69, 9.17) is 0 Å². The van der Waals surface area contributed by atoms with Crippen LogP contribution in [-0.2, 0) is 0 Å². The van der Waals surface area contributed by atoms with Gasteiger partial charge in [-0.2, -0.15) is 0 Å². The van der Waals surface area contributed by atoms with Gasteiger partial charge < -0.3 is 0 Å². The predicted molar refractivity (Wildman–Crippen MR) is 151 cm³/mol. The minimum absolute atomic E-state index is 0.963. The van der Waals surface area contributed by atoms with Crippen LogP contribution < -0.4 is 0 Å². The van der Waals surface area contributed by atoms with Crippen molar-refractivity contribution in [2.75, 3.05) is 0 Å². The van der Waals surface area contributed by atoms with E-state index in [2.05, 4.69) is 118 Å². The molecule has 0 amide bonds. The SMILES string of the molecule is C=CC.CC(C)=Cc1ccc(C)cc1C.CCCC(C)CCC.Cc1ccc(C)c(C)c1. The molecule has 0 aliphatic heterocycles. The van der Waals surface area contributed by atoms with E-state index in [-0.39, 0.29) is 0 Å². The Morgan fingerprint density at radius 3 is 1.56 bits per heavy atom. The standard InChI is InChI=1S/C12H16.C9H12.C8H18.C3H6/c1-9(2)7-12-6-5-10(3)8-11(12)4;1-7-4-5-8(2)9(3)6-7;1-4-6-8(3)7-5-2;1-3-2/h5-8H,1-4H3;4-6H,1-3H3;8H,4-7H2,1-3H3;3H,1H2,2H3. The lowest BCUT2D eigenvalue weighted by molar-refractivity contribution is 0.480. The highest BCUT2D eigenvalue weighted by molar-refractivity contribution is 5.56. The highest BCUT2D eigenvalue weighted by atomic mass is 14.0. The third kappa shape index (κ3) is 17.6. The molecule has 0 unspecified atom stereocenters. The molecule has 180 valence electrons. The Bertz CT molecular complexity index is 767. The van der Waals surface area contributed by atoms with Crippen molar-refractivity contribution in [3.8, 4) is 0 Å². The Hall–Kier alpha value is -2.08. The van der Waals surface area contributed by atoms with Crippen LogP contribution in [-0.4, -0.2) is 0 Å². The zero-order valence-electron chi connectivity index (χ0n) is 23.2. The van der Waals surface area contributed by atoms with E-state index < -0.39 is 0 Å². The molecule has 2 aromatic carbocycles. The molecular formula is C32H52. The van der Waals surface area contributed by atoms with E-state index in [1.807, 2.05) is 6.92 Å². The molecule has 2 rings (SSSR count). The summed E-state index contributed by atoms with van der Waals surface area (Å²) in [6, 6.07) is 13.1. The van der Waals surface area contributed by atoms with Gasteiger partial charge in [0.1, 0.15) is 0 Å². The summed E-state index contributed by atoms with van der Waals surface area (Å²) in [5, 5.41) is 0. The van der Waals surface area contributed by atoms with Gasteiger partial charge in [-0.05, 0) is 83.6 Å². The second-order valence-electron chi connectivity index (χ2n) is 9.26. The maximum Gasteiger partial charge on any atom is -0.0228 e. The Morgan fingerprint density at radius 1 is 0.781 bits per heavy atom. The topological polar surface area (TPSA) is 0 Å². The van der Waals surface area contributed by atoms with Crippen molar-refractivity contribution in [1.29, 1.82) is 0 Å². The molecule has 2 aromatic rings. The summed E-state index contributed by atoms with van der Waals surface area (Å²) in [5.41, 5.74) is 9.48. The fraction of sp³-hybridized carbons (Fsp3) is 0.500. The summed E-state index contributed by atoms with van der Waals surface area (Å²) in [4.78, 5) is 0. The molecular weight excluding hydrogens is 384 g/mol. The predicted octanol–water partition coefficient (Wildman–Crippen LogP) is 10.8. The average molecular weight is 437 g/mol. The third-order valence-electron chi connectivity index (χ3n) is 5.09. The molecule has 0 aliphatic carbocycles. The molecule has 0 aromatic heterocycles. The molecule has 0 nitrogen and oxygen atoms in total. The summed E-state index contributed by atoms with van der Waals surface area (Å²) in [7, 11) is 0. The van der Waals surface area contributed by atoms with E-state index in [0.717, 1.165) is 5.92 Å². The highest BCUT2D eigenvalue weighted by Crippen LogP contribution is 2.14. The maximum atomic E-state index is 3.36. The fourth-order valence-electron chi connectivity index (χ4n) is 3.32. The van der Waals surface area contributed by atoms with Crippen molar-refractivity contribution in [3.63, 3.8) is 0 Å². The summed E-state index contributed by atoms with van der Waals surface area (Å²) in [6.45, 7) is 27.0. The largest absolute Gasteiger partial charge is 0.103 e. The zero-order valence-corrected chi connectivity index (χ0v) is 23.2. The van der Waals surface area contributed by atoms with Crippen molar-refractivity contribution >= 4 is 6.08 Å². The number of benzene rings is 2. The second kappa shape index (κ2) is 19.6.